The molecule has 0 bridgehead atoms. The van der Waals surface area contributed by atoms with Crippen molar-refractivity contribution >= 4 is 12.7 Å². The van der Waals surface area contributed by atoms with Crippen molar-refractivity contribution in [3.05, 3.63) is 29.3 Å². The molecule has 0 atom stereocenters. The summed E-state index contributed by atoms with van der Waals surface area (Å²) in [5.41, 5.74) is 4.32. The number of nitrogens with one attached hydrogen (secondary N) is 1. The zero-order valence-electron chi connectivity index (χ0n) is 6.72. The Morgan fingerprint density at radius 3 is 3.09 bits per heavy atom. The fraction of sp³-hybridized carbons (Fsp3) is 0.333. The Morgan fingerprint density at radius 1 is 1.36 bits per heavy atom. The van der Waals surface area contributed by atoms with Crippen LogP contribution in [-0.2, 0) is 13.1 Å². The van der Waals surface area contributed by atoms with Crippen LogP contribution in [-0.4, -0.2) is 7.28 Å². The third kappa shape index (κ3) is 1.08. The van der Waals surface area contributed by atoms with Crippen LogP contribution < -0.4 is 10.8 Å². The van der Waals surface area contributed by atoms with Crippen molar-refractivity contribution in [2.24, 2.45) is 0 Å². The zero-order valence-corrected chi connectivity index (χ0v) is 6.72. The van der Waals surface area contributed by atoms with E-state index in [0.717, 1.165) is 13.1 Å². The normalized spacial score (nSPS) is 14.6. The minimum Gasteiger partial charge on any atom is -0.309 e. The summed E-state index contributed by atoms with van der Waals surface area (Å²) in [6, 6.07) is 6.50. The molecule has 1 N–H and O–H groups in total. The van der Waals surface area contributed by atoms with E-state index in [2.05, 4.69) is 37.6 Å². The summed E-state index contributed by atoms with van der Waals surface area (Å²) in [7, 11) is 2.17. The maximum absolute atomic E-state index is 3.34. The van der Waals surface area contributed by atoms with E-state index in [1.54, 1.807) is 0 Å². The molecule has 0 amide bonds. The Kier molecular flexibility index (Phi) is 1.70. The Bertz CT molecular complexity index is 270. The van der Waals surface area contributed by atoms with Gasteiger partial charge in [-0.05, 0) is 11.1 Å². The second-order valence-electron chi connectivity index (χ2n) is 2.88. The number of fused-ring (bicyclic) bond motifs is 1. The molecule has 1 aromatic carbocycles. The van der Waals surface area contributed by atoms with Gasteiger partial charge in [-0.15, -0.1) is 0 Å². The summed E-state index contributed by atoms with van der Waals surface area (Å²) in [5.74, 6) is 0. The molecular formula is C9H11BN. The largest absolute Gasteiger partial charge is 0.309 e. The highest BCUT2D eigenvalue weighted by Crippen LogP contribution is 2.11. The van der Waals surface area contributed by atoms with E-state index in [0.29, 0.717) is 0 Å². The second-order valence-corrected chi connectivity index (χ2v) is 2.88. The van der Waals surface area contributed by atoms with Gasteiger partial charge in [0, 0.05) is 13.1 Å². The van der Waals surface area contributed by atoms with Crippen molar-refractivity contribution in [1.82, 2.24) is 5.32 Å². The quantitative estimate of drug-likeness (QED) is 0.571. The van der Waals surface area contributed by atoms with Gasteiger partial charge in [-0.1, -0.05) is 30.5 Å². The van der Waals surface area contributed by atoms with Gasteiger partial charge in [-0.25, -0.2) is 0 Å². The van der Waals surface area contributed by atoms with Crippen LogP contribution in [0.2, 0.25) is 6.82 Å². The fourth-order valence-electron chi connectivity index (χ4n) is 1.63. The van der Waals surface area contributed by atoms with Crippen LogP contribution in [0.4, 0.5) is 0 Å². The van der Waals surface area contributed by atoms with Crippen LogP contribution >= 0.6 is 0 Å². The van der Waals surface area contributed by atoms with E-state index in [1.807, 2.05) is 0 Å². The van der Waals surface area contributed by atoms with E-state index in [1.165, 1.54) is 16.6 Å². The number of rotatable bonds is 1. The fourth-order valence-corrected chi connectivity index (χ4v) is 1.63. The first-order valence-electron chi connectivity index (χ1n) is 4.02. The summed E-state index contributed by atoms with van der Waals surface area (Å²) >= 11 is 0. The highest BCUT2D eigenvalue weighted by Gasteiger charge is 2.11. The zero-order chi connectivity index (χ0) is 7.68. The van der Waals surface area contributed by atoms with Gasteiger partial charge in [0.1, 0.15) is 7.28 Å². The van der Waals surface area contributed by atoms with E-state index < -0.39 is 0 Å². The van der Waals surface area contributed by atoms with Gasteiger partial charge in [0.2, 0.25) is 0 Å². The Hall–Kier alpha value is -0.755. The van der Waals surface area contributed by atoms with Gasteiger partial charge in [0.15, 0.2) is 0 Å². The minimum absolute atomic E-state index is 1.04. The SMILES string of the molecule is C[B]c1cccc2c1CNC2. The monoisotopic (exact) mass is 144 g/mol. The minimum atomic E-state index is 1.04. The van der Waals surface area contributed by atoms with Crippen LogP contribution in [0, 0.1) is 0 Å². The number of hydrogen-bond donors (Lipinski definition) is 1. The topological polar surface area (TPSA) is 12.0 Å². The first-order chi connectivity index (χ1) is 5.42. The number of hydrogen-bond acceptors (Lipinski definition) is 1. The van der Waals surface area contributed by atoms with Crippen LogP contribution in [0.15, 0.2) is 18.2 Å². The highest BCUT2D eigenvalue weighted by atomic mass is 14.9. The van der Waals surface area contributed by atoms with Gasteiger partial charge < -0.3 is 5.32 Å². The molecule has 55 valence electrons. The smallest absolute Gasteiger partial charge is 0.148 e. The average Bonchev–Trinajstić information content (AvgIpc) is 2.50. The van der Waals surface area contributed by atoms with Gasteiger partial charge in [-0.2, -0.15) is 0 Å². The molecule has 1 aliphatic heterocycles. The molecule has 1 radical (unpaired) electrons. The predicted octanol–water partition coefficient (Wildman–Crippen LogP) is 0.667. The first kappa shape index (κ1) is 6.92. The average molecular weight is 144 g/mol. The summed E-state index contributed by atoms with van der Waals surface area (Å²) in [6.45, 7) is 4.17. The lowest BCUT2D eigenvalue weighted by Crippen LogP contribution is -2.16. The Morgan fingerprint density at radius 2 is 2.27 bits per heavy atom. The molecule has 0 aliphatic carbocycles. The number of benzene rings is 1. The summed E-state index contributed by atoms with van der Waals surface area (Å²) in [4.78, 5) is 0. The summed E-state index contributed by atoms with van der Waals surface area (Å²) < 4.78 is 0. The Balaban J connectivity index is 2.50. The molecule has 0 saturated carbocycles. The van der Waals surface area contributed by atoms with Gasteiger partial charge in [0.05, 0.1) is 0 Å². The van der Waals surface area contributed by atoms with Crippen LogP contribution in [0.3, 0.4) is 0 Å². The third-order valence-electron chi connectivity index (χ3n) is 2.24. The predicted molar refractivity (Wildman–Crippen MR) is 48.2 cm³/mol. The molecule has 2 rings (SSSR count). The maximum Gasteiger partial charge on any atom is 0.148 e. The second kappa shape index (κ2) is 2.70. The molecule has 2 heteroatoms. The lowest BCUT2D eigenvalue weighted by atomic mass is 9.70. The standard InChI is InChI=1S/C9H11BN/c1-10-9-4-2-3-7-5-11-6-8(7)9/h2-4,11H,5-6H2,1H3. The molecule has 0 spiro atoms. The van der Waals surface area contributed by atoms with Crippen molar-refractivity contribution < 1.29 is 0 Å². The molecule has 0 fully saturated rings. The maximum atomic E-state index is 3.34. The molecule has 11 heavy (non-hydrogen) atoms. The van der Waals surface area contributed by atoms with Crippen molar-refractivity contribution in [3.8, 4) is 0 Å². The van der Waals surface area contributed by atoms with Crippen molar-refractivity contribution in [2.45, 2.75) is 19.9 Å². The molecule has 1 aliphatic rings. The van der Waals surface area contributed by atoms with Gasteiger partial charge in [0.25, 0.3) is 0 Å². The van der Waals surface area contributed by atoms with Crippen molar-refractivity contribution in [2.75, 3.05) is 0 Å². The highest BCUT2D eigenvalue weighted by molar-refractivity contribution is 6.52. The van der Waals surface area contributed by atoms with Crippen LogP contribution in [0.25, 0.3) is 0 Å². The molecule has 0 unspecified atom stereocenters. The molecule has 1 aromatic rings. The van der Waals surface area contributed by atoms with Crippen LogP contribution in [0.1, 0.15) is 11.1 Å². The Labute approximate surface area is 68.1 Å². The van der Waals surface area contributed by atoms with E-state index in [-0.39, 0.29) is 0 Å². The van der Waals surface area contributed by atoms with E-state index >= 15 is 0 Å². The summed E-state index contributed by atoms with van der Waals surface area (Å²) in [6.07, 6.45) is 0. The molecule has 1 nitrogen and oxygen atoms in total. The molecule has 0 saturated heterocycles. The van der Waals surface area contributed by atoms with E-state index in [4.69, 9.17) is 0 Å². The summed E-state index contributed by atoms with van der Waals surface area (Å²) in [5, 5.41) is 3.34. The van der Waals surface area contributed by atoms with Crippen molar-refractivity contribution in [1.29, 1.82) is 0 Å². The third-order valence-corrected chi connectivity index (χ3v) is 2.24. The van der Waals surface area contributed by atoms with Gasteiger partial charge >= 0.3 is 0 Å². The van der Waals surface area contributed by atoms with E-state index in [9.17, 15) is 0 Å². The lowest BCUT2D eigenvalue weighted by molar-refractivity contribution is 0.766. The van der Waals surface area contributed by atoms with Crippen molar-refractivity contribution in [3.63, 3.8) is 0 Å². The lowest BCUT2D eigenvalue weighted by Gasteiger charge is -2.02. The molecular weight excluding hydrogens is 133 g/mol. The first-order valence-corrected chi connectivity index (χ1v) is 4.02. The van der Waals surface area contributed by atoms with Crippen LogP contribution in [0.5, 0.6) is 0 Å². The molecule has 0 aromatic heterocycles. The van der Waals surface area contributed by atoms with Gasteiger partial charge in [-0.3, -0.25) is 0 Å². The molecule has 1 heterocycles.